The second-order valence-corrected chi connectivity index (χ2v) is 3.22. The summed E-state index contributed by atoms with van der Waals surface area (Å²) >= 11 is 0. The van der Waals surface area contributed by atoms with Gasteiger partial charge < -0.3 is 5.32 Å². The topological polar surface area (TPSA) is 12.0 Å². The van der Waals surface area contributed by atoms with Gasteiger partial charge in [0.2, 0.25) is 0 Å². The Balaban J connectivity index is 2.42. The Bertz CT molecular complexity index is 296. The lowest BCUT2D eigenvalue weighted by molar-refractivity contribution is 0.581. The maximum atomic E-state index is 12.8. The van der Waals surface area contributed by atoms with Crippen LogP contribution >= 0.6 is 0 Å². The molecule has 0 heterocycles. The minimum atomic E-state index is -0.129. The fourth-order valence-electron chi connectivity index (χ4n) is 1.87. The molecule has 0 fully saturated rings. The van der Waals surface area contributed by atoms with Gasteiger partial charge in [-0.1, -0.05) is 6.07 Å². The average Bonchev–Trinajstić information content (AvgIpc) is 2.46. The van der Waals surface area contributed by atoms with Crippen molar-refractivity contribution in [2.75, 3.05) is 7.05 Å². The van der Waals surface area contributed by atoms with Crippen LogP contribution in [0.2, 0.25) is 0 Å². The van der Waals surface area contributed by atoms with Crippen molar-refractivity contribution in [2.45, 2.75) is 18.9 Å². The van der Waals surface area contributed by atoms with Crippen molar-refractivity contribution in [1.82, 2.24) is 5.32 Å². The predicted molar refractivity (Wildman–Crippen MR) is 46.5 cm³/mol. The molecule has 2 rings (SSSR count). The summed E-state index contributed by atoms with van der Waals surface area (Å²) in [7, 11) is 1.92. The summed E-state index contributed by atoms with van der Waals surface area (Å²) in [5, 5.41) is 3.18. The molecule has 1 N–H and O–H groups in total. The number of aryl methyl sites for hydroxylation is 1. The zero-order valence-corrected chi connectivity index (χ0v) is 7.10. The number of fused-ring (bicyclic) bond motifs is 1. The fourth-order valence-corrected chi connectivity index (χ4v) is 1.87. The van der Waals surface area contributed by atoms with Gasteiger partial charge in [-0.05, 0) is 43.1 Å². The lowest BCUT2D eigenvalue weighted by atomic mass is 10.1. The van der Waals surface area contributed by atoms with Crippen LogP contribution in [-0.4, -0.2) is 7.05 Å². The molecule has 0 amide bonds. The minimum absolute atomic E-state index is 0.129. The summed E-state index contributed by atoms with van der Waals surface area (Å²) in [5.74, 6) is -0.129. The van der Waals surface area contributed by atoms with E-state index in [2.05, 4.69) is 5.32 Å². The first kappa shape index (κ1) is 7.74. The SMILES string of the molecule is CNC1CCc2ccc(F)cc21. The maximum Gasteiger partial charge on any atom is 0.123 e. The van der Waals surface area contributed by atoms with Crippen LogP contribution in [0.5, 0.6) is 0 Å². The molecule has 2 heteroatoms. The second-order valence-electron chi connectivity index (χ2n) is 3.22. The van der Waals surface area contributed by atoms with Crippen molar-refractivity contribution >= 4 is 0 Å². The molecular weight excluding hydrogens is 153 g/mol. The van der Waals surface area contributed by atoms with Crippen molar-refractivity contribution in [3.8, 4) is 0 Å². The van der Waals surface area contributed by atoms with E-state index in [9.17, 15) is 4.39 Å². The third-order valence-corrected chi connectivity index (χ3v) is 2.53. The van der Waals surface area contributed by atoms with Gasteiger partial charge in [0.1, 0.15) is 5.82 Å². The van der Waals surface area contributed by atoms with E-state index in [1.807, 2.05) is 13.1 Å². The van der Waals surface area contributed by atoms with Crippen LogP contribution in [-0.2, 0) is 6.42 Å². The summed E-state index contributed by atoms with van der Waals surface area (Å²) < 4.78 is 12.8. The van der Waals surface area contributed by atoms with Gasteiger partial charge in [-0.3, -0.25) is 0 Å². The lowest BCUT2D eigenvalue weighted by Gasteiger charge is -2.09. The van der Waals surface area contributed by atoms with E-state index in [-0.39, 0.29) is 5.82 Å². The molecule has 12 heavy (non-hydrogen) atoms. The van der Waals surface area contributed by atoms with E-state index in [0.717, 1.165) is 18.4 Å². The van der Waals surface area contributed by atoms with Crippen LogP contribution in [0.4, 0.5) is 4.39 Å². The molecule has 1 aromatic carbocycles. The van der Waals surface area contributed by atoms with Crippen LogP contribution in [0.15, 0.2) is 18.2 Å². The van der Waals surface area contributed by atoms with E-state index in [0.29, 0.717) is 6.04 Å². The van der Waals surface area contributed by atoms with Gasteiger partial charge in [-0.15, -0.1) is 0 Å². The summed E-state index contributed by atoms with van der Waals surface area (Å²) in [6.07, 6.45) is 2.16. The molecule has 1 aliphatic carbocycles. The van der Waals surface area contributed by atoms with Crippen LogP contribution in [0.25, 0.3) is 0 Å². The Morgan fingerprint density at radius 1 is 1.50 bits per heavy atom. The van der Waals surface area contributed by atoms with E-state index in [4.69, 9.17) is 0 Å². The van der Waals surface area contributed by atoms with E-state index in [1.165, 1.54) is 11.6 Å². The highest BCUT2D eigenvalue weighted by Gasteiger charge is 2.20. The molecule has 0 aromatic heterocycles. The van der Waals surface area contributed by atoms with Crippen molar-refractivity contribution in [3.63, 3.8) is 0 Å². The summed E-state index contributed by atoms with van der Waals surface area (Å²) in [6.45, 7) is 0. The molecular formula is C10H12FN. The Kier molecular flexibility index (Phi) is 1.85. The van der Waals surface area contributed by atoms with Gasteiger partial charge in [0.15, 0.2) is 0 Å². The third-order valence-electron chi connectivity index (χ3n) is 2.53. The lowest BCUT2D eigenvalue weighted by Crippen LogP contribution is -2.12. The number of nitrogens with one attached hydrogen (secondary N) is 1. The first-order valence-corrected chi connectivity index (χ1v) is 4.27. The summed E-state index contributed by atoms with van der Waals surface area (Å²) in [5.41, 5.74) is 2.42. The van der Waals surface area contributed by atoms with Gasteiger partial charge in [0, 0.05) is 6.04 Å². The van der Waals surface area contributed by atoms with Gasteiger partial charge in [0.05, 0.1) is 0 Å². The van der Waals surface area contributed by atoms with Crippen LogP contribution in [0.1, 0.15) is 23.6 Å². The molecule has 0 saturated carbocycles. The molecule has 64 valence electrons. The maximum absolute atomic E-state index is 12.8. The standard InChI is InChI=1S/C10H12FN/c1-12-10-5-3-7-2-4-8(11)6-9(7)10/h2,4,6,10,12H,3,5H2,1H3. The molecule has 0 saturated heterocycles. The van der Waals surface area contributed by atoms with Gasteiger partial charge >= 0.3 is 0 Å². The second kappa shape index (κ2) is 2.87. The number of benzene rings is 1. The Hall–Kier alpha value is -0.890. The van der Waals surface area contributed by atoms with Crippen molar-refractivity contribution in [1.29, 1.82) is 0 Å². The number of rotatable bonds is 1. The number of hydrogen-bond acceptors (Lipinski definition) is 1. The third kappa shape index (κ3) is 1.12. The largest absolute Gasteiger partial charge is 0.313 e. The summed E-state index contributed by atoms with van der Waals surface area (Å²) in [6, 6.07) is 5.43. The molecule has 0 spiro atoms. The van der Waals surface area contributed by atoms with Crippen molar-refractivity contribution < 1.29 is 4.39 Å². The van der Waals surface area contributed by atoms with Crippen LogP contribution in [0, 0.1) is 5.82 Å². The Labute approximate surface area is 71.6 Å². The molecule has 1 aromatic rings. The van der Waals surface area contributed by atoms with E-state index < -0.39 is 0 Å². The Morgan fingerprint density at radius 3 is 3.08 bits per heavy atom. The summed E-state index contributed by atoms with van der Waals surface area (Å²) in [4.78, 5) is 0. The molecule has 1 atom stereocenters. The quantitative estimate of drug-likeness (QED) is 0.671. The van der Waals surface area contributed by atoms with Gasteiger partial charge in [0.25, 0.3) is 0 Å². The predicted octanol–water partition coefficient (Wildman–Crippen LogP) is 2.03. The highest BCUT2D eigenvalue weighted by Crippen LogP contribution is 2.30. The number of halogens is 1. The molecule has 0 aliphatic heterocycles. The highest BCUT2D eigenvalue weighted by atomic mass is 19.1. The molecule has 1 nitrogen and oxygen atoms in total. The van der Waals surface area contributed by atoms with Crippen LogP contribution in [0.3, 0.4) is 0 Å². The van der Waals surface area contributed by atoms with Gasteiger partial charge in [-0.2, -0.15) is 0 Å². The highest BCUT2D eigenvalue weighted by molar-refractivity contribution is 5.34. The molecule has 0 bridgehead atoms. The monoisotopic (exact) mass is 165 g/mol. The molecule has 1 aliphatic rings. The first-order valence-electron chi connectivity index (χ1n) is 4.27. The van der Waals surface area contributed by atoms with E-state index >= 15 is 0 Å². The smallest absolute Gasteiger partial charge is 0.123 e. The van der Waals surface area contributed by atoms with Crippen molar-refractivity contribution in [2.24, 2.45) is 0 Å². The average molecular weight is 165 g/mol. The zero-order valence-electron chi connectivity index (χ0n) is 7.10. The van der Waals surface area contributed by atoms with Gasteiger partial charge in [-0.25, -0.2) is 4.39 Å². The Morgan fingerprint density at radius 2 is 2.33 bits per heavy atom. The number of hydrogen-bond donors (Lipinski definition) is 1. The zero-order chi connectivity index (χ0) is 8.55. The van der Waals surface area contributed by atoms with Crippen molar-refractivity contribution in [3.05, 3.63) is 35.1 Å². The molecule has 0 radical (unpaired) electrons. The normalized spacial score (nSPS) is 21.0. The molecule has 1 unspecified atom stereocenters. The first-order chi connectivity index (χ1) is 5.81. The van der Waals surface area contributed by atoms with E-state index in [1.54, 1.807) is 6.07 Å². The fraction of sp³-hybridized carbons (Fsp3) is 0.400. The minimum Gasteiger partial charge on any atom is -0.313 e. The van der Waals surface area contributed by atoms with Crippen LogP contribution < -0.4 is 5.32 Å².